The molecule has 0 saturated carbocycles. The third-order valence-electron chi connectivity index (χ3n) is 4.42. The van der Waals surface area contributed by atoms with Crippen LogP contribution in [-0.4, -0.2) is 36.4 Å². The Morgan fingerprint density at radius 2 is 2.07 bits per heavy atom. The number of carbonyl (C=O) groups is 1. The van der Waals surface area contributed by atoms with Crippen LogP contribution in [0.5, 0.6) is 0 Å². The fourth-order valence-electron chi connectivity index (χ4n) is 2.97. The first-order chi connectivity index (χ1) is 12.9. The van der Waals surface area contributed by atoms with Gasteiger partial charge in [0.05, 0.1) is 23.3 Å². The van der Waals surface area contributed by atoms with Gasteiger partial charge in [-0.2, -0.15) is 5.10 Å². The standard InChI is InChI=1S/C18H18N6OS2/c1-9-11(3)27-18-15(9)17(20-8-21-18)26-7-14(25)22-12-5-13-10(2)23-24(4)16(13)19-6-12/h5-6,8H,7H2,1-4H3,(H,22,25). The van der Waals surface area contributed by atoms with Gasteiger partial charge in [0.15, 0.2) is 5.65 Å². The Kier molecular flexibility index (Phi) is 4.56. The van der Waals surface area contributed by atoms with Gasteiger partial charge in [-0.3, -0.25) is 9.48 Å². The summed E-state index contributed by atoms with van der Waals surface area (Å²) in [6, 6.07) is 1.91. The number of hydrogen-bond acceptors (Lipinski definition) is 7. The molecule has 138 valence electrons. The SMILES string of the molecule is Cc1sc2ncnc(SCC(=O)Nc3cnc4c(c3)c(C)nn4C)c2c1C. The number of thiophene rings is 1. The van der Waals surface area contributed by atoms with E-state index in [-0.39, 0.29) is 11.7 Å². The molecular weight excluding hydrogens is 380 g/mol. The molecule has 27 heavy (non-hydrogen) atoms. The molecule has 0 saturated heterocycles. The molecule has 0 bridgehead atoms. The highest BCUT2D eigenvalue weighted by Gasteiger charge is 2.14. The highest BCUT2D eigenvalue weighted by molar-refractivity contribution is 8.00. The summed E-state index contributed by atoms with van der Waals surface area (Å²) >= 11 is 3.08. The van der Waals surface area contributed by atoms with E-state index in [1.807, 2.05) is 20.0 Å². The van der Waals surface area contributed by atoms with Crippen molar-refractivity contribution in [3.8, 4) is 0 Å². The predicted molar refractivity (Wildman–Crippen MR) is 109 cm³/mol. The number of fused-ring (bicyclic) bond motifs is 2. The first kappa shape index (κ1) is 17.9. The number of aromatic nitrogens is 5. The maximum absolute atomic E-state index is 12.4. The molecule has 4 aromatic heterocycles. The van der Waals surface area contributed by atoms with Gasteiger partial charge >= 0.3 is 0 Å². The second-order valence-corrected chi connectivity index (χ2v) is 8.45. The minimum Gasteiger partial charge on any atom is -0.324 e. The monoisotopic (exact) mass is 398 g/mol. The Bertz CT molecular complexity index is 1180. The summed E-state index contributed by atoms with van der Waals surface area (Å²) in [5, 5.41) is 10.1. The topological polar surface area (TPSA) is 85.6 Å². The zero-order valence-electron chi connectivity index (χ0n) is 15.4. The molecule has 0 atom stereocenters. The smallest absolute Gasteiger partial charge is 0.234 e. The summed E-state index contributed by atoms with van der Waals surface area (Å²) in [6.45, 7) is 6.07. The molecule has 4 heterocycles. The van der Waals surface area contributed by atoms with E-state index >= 15 is 0 Å². The van der Waals surface area contributed by atoms with Gasteiger partial charge in [0.25, 0.3) is 0 Å². The lowest BCUT2D eigenvalue weighted by Gasteiger charge is -2.06. The lowest BCUT2D eigenvalue weighted by Crippen LogP contribution is -2.14. The van der Waals surface area contributed by atoms with Crippen molar-refractivity contribution in [3.63, 3.8) is 0 Å². The van der Waals surface area contributed by atoms with Gasteiger partial charge in [-0.25, -0.2) is 15.0 Å². The van der Waals surface area contributed by atoms with Gasteiger partial charge in [-0.15, -0.1) is 11.3 Å². The van der Waals surface area contributed by atoms with Gasteiger partial charge in [-0.05, 0) is 32.4 Å². The van der Waals surface area contributed by atoms with E-state index in [9.17, 15) is 4.79 Å². The van der Waals surface area contributed by atoms with E-state index < -0.39 is 0 Å². The number of rotatable bonds is 4. The third-order valence-corrected chi connectivity index (χ3v) is 6.52. The number of anilines is 1. The van der Waals surface area contributed by atoms with Crippen LogP contribution < -0.4 is 5.32 Å². The van der Waals surface area contributed by atoms with Gasteiger partial charge < -0.3 is 5.32 Å². The first-order valence-corrected chi connectivity index (χ1v) is 10.2. The van der Waals surface area contributed by atoms with Crippen molar-refractivity contribution in [2.45, 2.75) is 25.8 Å². The summed E-state index contributed by atoms with van der Waals surface area (Å²) < 4.78 is 1.73. The largest absolute Gasteiger partial charge is 0.324 e. The fraction of sp³-hybridized carbons (Fsp3) is 0.278. The van der Waals surface area contributed by atoms with E-state index in [1.165, 1.54) is 22.2 Å². The molecule has 0 aromatic carbocycles. The maximum atomic E-state index is 12.4. The fourth-order valence-corrected chi connectivity index (χ4v) is 4.88. The van der Waals surface area contributed by atoms with Crippen LogP contribution in [-0.2, 0) is 11.8 Å². The summed E-state index contributed by atoms with van der Waals surface area (Å²) in [6.07, 6.45) is 3.21. The lowest BCUT2D eigenvalue weighted by atomic mass is 10.2. The van der Waals surface area contributed by atoms with E-state index in [4.69, 9.17) is 0 Å². The van der Waals surface area contributed by atoms with E-state index in [1.54, 1.807) is 28.5 Å². The number of amides is 1. The van der Waals surface area contributed by atoms with Crippen LogP contribution in [0.25, 0.3) is 21.3 Å². The van der Waals surface area contributed by atoms with Gasteiger partial charge in [-0.1, -0.05) is 11.8 Å². The van der Waals surface area contributed by atoms with Crippen molar-refractivity contribution >= 4 is 55.9 Å². The van der Waals surface area contributed by atoms with Crippen LogP contribution in [0, 0.1) is 20.8 Å². The summed E-state index contributed by atoms with van der Waals surface area (Å²) in [4.78, 5) is 27.7. The van der Waals surface area contributed by atoms with E-state index in [0.717, 1.165) is 32.0 Å². The first-order valence-electron chi connectivity index (χ1n) is 8.36. The highest BCUT2D eigenvalue weighted by atomic mass is 32.2. The Hall–Kier alpha value is -2.52. The minimum atomic E-state index is -0.0981. The quantitative estimate of drug-likeness (QED) is 0.417. The van der Waals surface area contributed by atoms with E-state index in [0.29, 0.717) is 5.69 Å². The Morgan fingerprint density at radius 1 is 1.26 bits per heavy atom. The number of aryl methyl sites for hydroxylation is 4. The van der Waals surface area contributed by atoms with Gasteiger partial charge in [0, 0.05) is 22.7 Å². The molecule has 0 radical (unpaired) electrons. The van der Waals surface area contributed by atoms with Crippen LogP contribution in [0.4, 0.5) is 5.69 Å². The molecule has 4 aromatic rings. The van der Waals surface area contributed by atoms with Crippen LogP contribution in [0.15, 0.2) is 23.6 Å². The van der Waals surface area contributed by atoms with Crippen LogP contribution in [0.3, 0.4) is 0 Å². The molecule has 1 N–H and O–H groups in total. The third kappa shape index (κ3) is 3.28. The highest BCUT2D eigenvalue weighted by Crippen LogP contribution is 2.34. The van der Waals surface area contributed by atoms with Crippen molar-refractivity contribution in [2.24, 2.45) is 7.05 Å². The molecule has 0 aliphatic carbocycles. The lowest BCUT2D eigenvalue weighted by molar-refractivity contribution is -0.113. The second-order valence-electron chi connectivity index (χ2n) is 6.28. The second kappa shape index (κ2) is 6.90. The predicted octanol–water partition coefficient (Wildman–Crippen LogP) is 3.63. The van der Waals surface area contributed by atoms with Crippen molar-refractivity contribution in [1.29, 1.82) is 0 Å². The van der Waals surface area contributed by atoms with Crippen molar-refractivity contribution in [2.75, 3.05) is 11.1 Å². The average Bonchev–Trinajstić information content (AvgIpc) is 3.09. The molecule has 0 aliphatic heterocycles. The van der Waals surface area contributed by atoms with E-state index in [2.05, 4.69) is 39.2 Å². The van der Waals surface area contributed by atoms with Crippen molar-refractivity contribution < 1.29 is 4.79 Å². The van der Waals surface area contributed by atoms with Crippen LogP contribution in [0.1, 0.15) is 16.1 Å². The molecule has 0 aliphatic rings. The normalized spacial score (nSPS) is 11.4. The minimum absolute atomic E-state index is 0.0981. The molecule has 7 nitrogen and oxygen atoms in total. The molecule has 0 unspecified atom stereocenters. The van der Waals surface area contributed by atoms with Gasteiger partial charge in [0.1, 0.15) is 16.2 Å². The summed E-state index contributed by atoms with van der Waals surface area (Å²) in [7, 11) is 1.85. The number of hydrogen-bond donors (Lipinski definition) is 1. The molecule has 1 amide bonds. The molecule has 0 spiro atoms. The molecule has 4 rings (SSSR count). The van der Waals surface area contributed by atoms with Crippen LogP contribution in [0.2, 0.25) is 0 Å². The molecular formula is C18H18N6OS2. The number of nitrogens with one attached hydrogen (secondary N) is 1. The van der Waals surface area contributed by atoms with Crippen molar-refractivity contribution in [3.05, 3.63) is 34.7 Å². The zero-order valence-corrected chi connectivity index (χ0v) is 17.0. The summed E-state index contributed by atoms with van der Waals surface area (Å²) in [5.41, 5.74) is 3.53. The maximum Gasteiger partial charge on any atom is 0.234 e. The summed E-state index contributed by atoms with van der Waals surface area (Å²) in [5.74, 6) is 0.170. The molecule has 0 fully saturated rings. The van der Waals surface area contributed by atoms with Crippen molar-refractivity contribution in [1.82, 2.24) is 24.7 Å². The number of thioether (sulfide) groups is 1. The Labute approximate surface area is 164 Å². The number of nitrogens with zero attached hydrogens (tertiary/aromatic N) is 5. The number of carbonyl (C=O) groups excluding carboxylic acids is 1. The average molecular weight is 399 g/mol. The van der Waals surface area contributed by atoms with Crippen LogP contribution >= 0.6 is 23.1 Å². The Morgan fingerprint density at radius 3 is 2.89 bits per heavy atom. The Balaban J connectivity index is 1.50. The van der Waals surface area contributed by atoms with Gasteiger partial charge in [0.2, 0.25) is 5.91 Å². The molecule has 9 heteroatoms. The zero-order chi connectivity index (χ0) is 19.1. The number of pyridine rings is 1.